The lowest BCUT2D eigenvalue weighted by Crippen LogP contribution is -2.40. The van der Waals surface area contributed by atoms with Crippen LogP contribution in [0.15, 0.2) is 61.9 Å². The molecule has 4 rings (SSSR count). The van der Waals surface area contributed by atoms with Crippen LogP contribution in [-0.2, 0) is 9.53 Å². The van der Waals surface area contributed by atoms with E-state index in [1.807, 2.05) is 32.0 Å². The molecule has 2 heterocycles. The zero-order valence-electron chi connectivity index (χ0n) is 21.5. The molecule has 0 fully saturated rings. The fourth-order valence-electron chi connectivity index (χ4n) is 4.32. The van der Waals surface area contributed by atoms with Gasteiger partial charge in [-0.1, -0.05) is 48.4 Å². The monoisotopic (exact) mass is 618 g/mol. The Bertz CT molecular complexity index is 1580. The van der Waals surface area contributed by atoms with Crippen LogP contribution in [0.1, 0.15) is 50.8 Å². The molecule has 200 valence electrons. The molecule has 1 atom stereocenters. The summed E-state index contributed by atoms with van der Waals surface area (Å²) in [6.45, 7) is 6.38. The Labute approximate surface area is 238 Å². The van der Waals surface area contributed by atoms with Crippen LogP contribution in [0, 0.1) is 0 Å². The highest BCUT2D eigenvalue weighted by Gasteiger charge is 2.34. The van der Waals surface area contributed by atoms with Crippen LogP contribution in [0.5, 0.6) is 11.5 Å². The molecule has 1 aromatic heterocycles. The number of carbonyl (C=O) groups excluding carboxylic acids is 1. The molecule has 0 aliphatic carbocycles. The fraction of sp³-hybridized carbons (Fsp3) is 0.321. The lowest BCUT2D eigenvalue weighted by molar-refractivity contribution is -0.139. The second-order valence-electron chi connectivity index (χ2n) is 8.43. The molecular weight excluding hydrogens is 592 g/mol. The zero-order valence-corrected chi connectivity index (χ0v) is 24.7. The van der Waals surface area contributed by atoms with Gasteiger partial charge in [-0.15, -0.1) is 0 Å². The van der Waals surface area contributed by atoms with Crippen molar-refractivity contribution in [2.75, 3.05) is 20.3 Å². The third-order valence-corrected chi connectivity index (χ3v) is 7.84. The maximum Gasteiger partial charge on any atom is 0.338 e. The van der Waals surface area contributed by atoms with Crippen molar-refractivity contribution in [3.05, 3.63) is 88.0 Å². The first-order valence-electron chi connectivity index (χ1n) is 12.3. The summed E-state index contributed by atoms with van der Waals surface area (Å²) in [5.41, 5.74) is 2.23. The van der Waals surface area contributed by atoms with Crippen LogP contribution in [0.2, 0.25) is 5.02 Å². The molecule has 2 aromatic carbocycles. The first kappa shape index (κ1) is 28.1. The first-order chi connectivity index (χ1) is 18.3. The van der Waals surface area contributed by atoms with Gasteiger partial charge in [0.05, 0.1) is 51.7 Å². The maximum atomic E-state index is 13.9. The third-order valence-electron chi connectivity index (χ3n) is 5.94. The molecule has 0 unspecified atom stereocenters. The Morgan fingerprint density at radius 3 is 2.55 bits per heavy atom. The largest absolute Gasteiger partial charge is 0.496 e. The second kappa shape index (κ2) is 12.3. The van der Waals surface area contributed by atoms with E-state index in [9.17, 15) is 9.59 Å². The van der Waals surface area contributed by atoms with Gasteiger partial charge in [0, 0.05) is 0 Å². The molecule has 7 nitrogen and oxygen atoms in total. The molecule has 0 saturated heterocycles. The number of ether oxygens (including phenoxy) is 3. The van der Waals surface area contributed by atoms with E-state index in [0.29, 0.717) is 54.6 Å². The summed E-state index contributed by atoms with van der Waals surface area (Å²) in [5, 5.41) is 0.462. The molecule has 1 aliphatic rings. The van der Waals surface area contributed by atoms with Crippen LogP contribution in [-0.4, -0.2) is 30.9 Å². The van der Waals surface area contributed by atoms with Gasteiger partial charge in [0.1, 0.15) is 11.5 Å². The number of hydrogen-bond donors (Lipinski definition) is 0. The van der Waals surface area contributed by atoms with Gasteiger partial charge in [-0.2, -0.15) is 0 Å². The molecular formula is C28H28BrClN2O5S. The maximum absolute atomic E-state index is 13.9. The lowest BCUT2D eigenvalue weighted by atomic mass is 9.94. The first-order valence-corrected chi connectivity index (χ1v) is 14.3. The Balaban J connectivity index is 1.96. The van der Waals surface area contributed by atoms with Crippen LogP contribution in [0.25, 0.3) is 6.08 Å². The number of nitrogens with zero attached hydrogens (tertiary/aromatic N) is 2. The minimum Gasteiger partial charge on any atom is -0.496 e. The van der Waals surface area contributed by atoms with Gasteiger partial charge >= 0.3 is 5.97 Å². The molecule has 0 bridgehead atoms. The van der Waals surface area contributed by atoms with Crippen molar-refractivity contribution in [1.29, 1.82) is 0 Å². The summed E-state index contributed by atoms with van der Waals surface area (Å²) in [5.74, 6) is 0.745. The van der Waals surface area contributed by atoms with Gasteiger partial charge < -0.3 is 14.2 Å². The van der Waals surface area contributed by atoms with Crippen molar-refractivity contribution in [3.63, 3.8) is 0 Å². The highest BCUT2D eigenvalue weighted by Crippen LogP contribution is 2.36. The predicted molar refractivity (Wildman–Crippen MR) is 153 cm³/mol. The Kier molecular flexibility index (Phi) is 9.12. The van der Waals surface area contributed by atoms with Crippen LogP contribution in [0.4, 0.5) is 0 Å². The summed E-state index contributed by atoms with van der Waals surface area (Å²) in [6, 6.07) is 10.2. The number of benzene rings is 2. The summed E-state index contributed by atoms with van der Waals surface area (Å²) in [4.78, 5) is 32.5. The molecule has 0 spiro atoms. The van der Waals surface area contributed by atoms with Crippen LogP contribution >= 0.6 is 38.9 Å². The van der Waals surface area contributed by atoms with Crippen LogP contribution in [0.3, 0.4) is 0 Å². The minimum atomic E-state index is -0.708. The van der Waals surface area contributed by atoms with Gasteiger partial charge in [-0.3, -0.25) is 9.36 Å². The van der Waals surface area contributed by atoms with Gasteiger partial charge in [0.25, 0.3) is 5.56 Å². The summed E-state index contributed by atoms with van der Waals surface area (Å²) in [7, 11) is 1.58. The summed E-state index contributed by atoms with van der Waals surface area (Å²) in [6.07, 6.45) is 3.13. The van der Waals surface area contributed by atoms with E-state index in [4.69, 9.17) is 30.8 Å². The Hall–Kier alpha value is -2.88. The van der Waals surface area contributed by atoms with Crippen molar-refractivity contribution in [1.82, 2.24) is 4.57 Å². The van der Waals surface area contributed by atoms with Crippen molar-refractivity contribution in [2.45, 2.75) is 39.7 Å². The quantitative estimate of drug-likeness (QED) is 0.300. The number of halogens is 2. The molecule has 0 amide bonds. The van der Waals surface area contributed by atoms with Gasteiger partial charge in [-0.25, -0.2) is 9.79 Å². The van der Waals surface area contributed by atoms with E-state index < -0.39 is 12.0 Å². The number of aromatic nitrogens is 1. The van der Waals surface area contributed by atoms with E-state index >= 15 is 0 Å². The topological polar surface area (TPSA) is 79.1 Å². The van der Waals surface area contributed by atoms with Gasteiger partial charge in [0.2, 0.25) is 0 Å². The molecule has 38 heavy (non-hydrogen) atoms. The highest BCUT2D eigenvalue weighted by atomic mass is 79.9. The van der Waals surface area contributed by atoms with Crippen molar-refractivity contribution in [3.8, 4) is 11.5 Å². The molecule has 0 N–H and O–H groups in total. The van der Waals surface area contributed by atoms with Crippen LogP contribution < -0.4 is 24.4 Å². The van der Waals surface area contributed by atoms with Crippen molar-refractivity contribution in [2.24, 2.45) is 4.99 Å². The van der Waals surface area contributed by atoms with Gasteiger partial charge in [0.15, 0.2) is 4.80 Å². The number of methoxy groups -OCH3 is 1. The molecule has 3 aromatic rings. The molecule has 0 saturated carbocycles. The average Bonchev–Trinajstić information content (AvgIpc) is 3.19. The molecule has 0 radical (unpaired) electrons. The number of hydrogen-bond acceptors (Lipinski definition) is 7. The SMILES string of the molecule is CCCC1=C(C(=O)OCC)[C@H](c2ccc(OC)c(Br)c2)n2c(s/c(=C\c3ccc(OCC)c(Cl)c3)c2=O)=N1. The number of thiazole rings is 1. The highest BCUT2D eigenvalue weighted by molar-refractivity contribution is 9.10. The van der Waals surface area contributed by atoms with E-state index in [0.717, 1.165) is 17.5 Å². The smallest absolute Gasteiger partial charge is 0.338 e. The molecule has 10 heteroatoms. The third kappa shape index (κ3) is 5.60. The normalized spacial score (nSPS) is 15.2. The Morgan fingerprint density at radius 2 is 1.92 bits per heavy atom. The summed E-state index contributed by atoms with van der Waals surface area (Å²) < 4.78 is 19.1. The zero-order chi connectivity index (χ0) is 27.4. The van der Waals surface area contributed by atoms with E-state index in [2.05, 4.69) is 15.9 Å². The minimum absolute atomic E-state index is 0.212. The number of esters is 1. The summed E-state index contributed by atoms with van der Waals surface area (Å²) >= 11 is 11.2. The average molecular weight is 620 g/mol. The van der Waals surface area contributed by atoms with E-state index in [1.165, 1.54) is 11.3 Å². The number of rotatable bonds is 9. The Morgan fingerprint density at radius 1 is 1.16 bits per heavy atom. The standard InChI is InChI=1S/C28H28BrClN2O5S/c1-5-8-20-24(27(34)37-7-3)25(17-10-12-21(35-4)18(29)15-17)32-26(33)23(38-28(32)31-20)14-16-9-11-22(36-6-2)19(30)13-16/h9-15,25H,5-8H2,1-4H3/b23-14-/t25-/m0/s1. The second-order valence-corrected chi connectivity index (χ2v) is 10.7. The van der Waals surface area contributed by atoms with E-state index in [-0.39, 0.29) is 12.2 Å². The molecule has 1 aliphatic heterocycles. The van der Waals surface area contributed by atoms with Gasteiger partial charge in [-0.05, 0) is 77.7 Å². The predicted octanol–water partition coefficient (Wildman–Crippen LogP) is 5.40. The van der Waals surface area contributed by atoms with E-state index in [1.54, 1.807) is 42.9 Å². The number of allylic oxidation sites excluding steroid dienone is 1. The van der Waals surface area contributed by atoms with Crippen molar-refractivity contribution < 1.29 is 19.0 Å². The number of carbonyl (C=O) groups is 1. The van der Waals surface area contributed by atoms with Crippen molar-refractivity contribution >= 4 is 50.9 Å². The fourth-order valence-corrected chi connectivity index (χ4v) is 6.14. The number of fused-ring (bicyclic) bond motifs is 1. The lowest BCUT2D eigenvalue weighted by Gasteiger charge is -2.26.